The number of nitrogen functional groups attached to an aromatic ring is 1. The third-order valence-electron chi connectivity index (χ3n) is 2.11. The first-order valence-corrected chi connectivity index (χ1v) is 4.99. The van der Waals surface area contributed by atoms with Gasteiger partial charge in [-0.05, 0) is 18.6 Å². The SMILES string of the molecule is CCC(COC)Nc1cccc(NN)n1. The molecule has 5 nitrogen and oxygen atoms in total. The molecule has 0 aromatic carbocycles. The van der Waals surface area contributed by atoms with E-state index < -0.39 is 0 Å². The third-order valence-corrected chi connectivity index (χ3v) is 2.11. The first kappa shape index (κ1) is 11.7. The van der Waals surface area contributed by atoms with Crippen molar-refractivity contribution in [3.8, 4) is 0 Å². The van der Waals surface area contributed by atoms with Gasteiger partial charge in [-0.25, -0.2) is 10.8 Å². The van der Waals surface area contributed by atoms with Crippen LogP contribution in [0.5, 0.6) is 0 Å². The minimum Gasteiger partial charge on any atom is -0.383 e. The second-order valence-electron chi connectivity index (χ2n) is 3.26. The molecule has 15 heavy (non-hydrogen) atoms. The number of pyridine rings is 1. The van der Waals surface area contributed by atoms with E-state index in [0.29, 0.717) is 12.4 Å². The van der Waals surface area contributed by atoms with Crippen molar-refractivity contribution in [1.29, 1.82) is 0 Å². The number of nitrogens with zero attached hydrogens (tertiary/aromatic N) is 1. The van der Waals surface area contributed by atoms with E-state index in [-0.39, 0.29) is 6.04 Å². The lowest BCUT2D eigenvalue weighted by molar-refractivity contribution is 0.184. The Morgan fingerprint density at radius 3 is 2.80 bits per heavy atom. The molecule has 1 unspecified atom stereocenters. The van der Waals surface area contributed by atoms with Crippen LogP contribution in [0.25, 0.3) is 0 Å². The fourth-order valence-corrected chi connectivity index (χ4v) is 1.27. The number of methoxy groups -OCH3 is 1. The van der Waals surface area contributed by atoms with Gasteiger partial charge in [-0.3, -0.25) is 0 Å². The van der Waals surface area contributed by atoms with Gasteiger partial charge in [0.05, 0.1) is 12.6 Å². The normalized spacial score (nSPS) is 12.2. The smallest absolute Gasteiger partial charge is 0.142 e. The topological polar surface area (TPSA) is 72.2 Å². The summed E-state index contributed by atoms with van der Waals surface area (Å²) < 4.78 is 5.09. The lowest BCUT2D eigenvalue weighted by Gasteiger charge is -2.16. The van der Waals surface area contributed by atoms with Crippen molar-refractivity contribution in [2.24, 2.45) is 5.84 Å². The average Bonchev–Trinajstić information content (AvgIpc) is 2.29. The Labute approximate surface area is 90.0 Å². The molecule has 1 rings (SSSR count). The Morgan fingerprint density at radius 2 is 2.20 bits per heavy atom. The molecule has 1 aromatic heterocycles. The van der Waals surface area contributed by atoms with Gasteiger partial charge in [-0.15, -0.1) is 0 Å². The zero-order valence-electron chi connectivity index (χ0n) is 9.16. The Bertz CT molecular complexity index is 293. The molecule has 1 heterocycles. The van der Waals surface area contributed by atoms with Gasteiger partial charge in [0.15, 0.2) is 0 Å². The highest BCUT2D eigenvalue weighted by Gasteiger charge is 2.06. The lowest BCUT2D eigenvalue weighted by Crippen LogP contribution is -2.24. The van der Waals surface area contributed by atoms with Gasteiger partial charge in [0, 0.05) is 7.11 Å². The number of hydrogen-bond acceptors (Lipinski definition) is 5. The Kier molecular flexibility index (Phi) is 4.86. The van der Waals surface area contributed by atoms with Crippen molar-refractivity contribution in [3.63, 3.8) is 0 Å². The molecule has 0 fully saturated rings. The van der Waals surface area contributed by atoms with Gasteiger partial charge in [0.25, 0.3) is 0 Å². The highest BCUT2D eigenvalue weighted by Crippen LogP contribution is 2.10. The van der Waals surface area contributed by atoms with Gasteiger partial charge in [0.2, 0.25) is 0 Å². The van der Waals surface area contributed by atoms with E-state index in [2.05, 4.69) is 22.7 Å². The van der Waals surface area contributed by atoms with E-state index in [9.17, 15) is 0 Å². The molecule has 0 aliphatic heterocycles. The summed E-state index contributed by atoms with van der Waals surface area (Å²) in [6.45, 7) is 2.76. The minimum absolute atomic E-state index is 0.274. The van der Waals surface area contributed by atoms with E-state index >= 15 is 0 Å². The van der Waals surface area contributed by atoms with Crippen LogP contribution >= 0.6 is 0 Å². The molecule has 0 bridgehead atoms. The number of rotatable bonds is 6. The molecular weight excluding hydrogens is 192 g/mol. The molecule has 0 aliphatic rings. The van der Waals surface area contributed by atoms with Crippen LogP contribution in [-0.2, 0) is 4.74 Å². The number of nitrogens with two attached hydrogens (primary N) is 1. The number of hydrogen-bond donors (Lipinski definition) is 3. The van der Waals surface area contributed by atoms with Crippen molar-refractivity contribution in [1.82, 2.24) is 4.98 Å². The van der Waals surface area contributed by atoms with E-state index in [4.69, 9.17) is 10.6 Å². The maximum atomic E-state index is 5.28. The lowest BCUT2D eigenvalue weighted by atomic mass is 10.2. The molecule has 0 aliphatic carbocycles. The number of nitrogens with one attached hydrogen (secondary N) is 2. The summed E-state index contributed by atoms with van der Waals surface area (Å²) in [5.74, 6) is 6.72. The predicted molar refractivity (Wildman–Crippen MR) is 61.6 cm³/mol. The molecule has 4 N–H and O–H groups in total. The summed E-state index contributed by atoms with van der Waals surface area (Å²) in [6.07, 6.45) is 0.982. The minimum atomic E-state index is 0.274. The molecule has 0 saturated heterocycles. The standard InChI is InChI=1S/C10H18N4O/c1-3-8(7-15-2)12-9-5-4-6-10(13-9)14-11/h4-6,8H,3,7,11H2,1-2H3,(H2,12,13,14). The van der Waals surface area contributed by atoms with Crippen molar-refractivity contribution in [2.45, 2.75) is 19.4 Å². The predicted octanol–water partition coefficient (Wildman–Crippen LogP) is 1.20. The molecule has 0 radical (unpaired) electrons. The van der Waals surface area contributed by atoms with E-state index in [0.717, 1.165) is 12.2 Å². The summed E-state index contributed by atoms with van der Waals surface area (Å²) in [5.41, 5.74) is 2.51. The zero-order chi connectivity index (χ0) is 11.1. The molecular formula is C10H18N4O. The van der Waals surface area contributed by atoms with Crippen LogP contribution in [-0.4, -0.2) is 24.7 Å². The summed E-state index contributed by atoms with van der Waals surface area (Å²) in [5, 5.41) is 3.27. The van der Waals surface area contributed by atoms with E-state index in [1.54, 1.807) is 7.11 Å². The molecule has 0 amide bonds. The average molecular weight is 210 g/mol. The first-order valence-electron chi connectivity index (χ1n) is 4.99. The van der Waals surface area contributed by atoms with Gasteiger partial charge in [-0.1, -0.05) is 13.0 Å². The third kappa shape index (κ3) is 3.73. The number of anilines is 2. The van der Waals surface area contributed by atoms with Gasteiger partial charge < -0.3 is 15.5 Å². The molecule has 84 valence electrons. The Balaban J connectivity index is 2.61. The summed E-state index contributed by atoms with van der Waals surface area (Å²) >= 11 is 0. The quantitative estimate of drug-likeness (QED) is 0.486. The van der Waals surface area contributed by atoms with Gasteiger partial charge in [0.1, 0.15) is 11.6 Å². The highest BCUT2D eigenvalue weighted by atomic mass is 16.5. The van der Waals surface area contributed by atoms with E-state index in [1.165, 1.54) is 0 Å². The monoisotopic (exact) mass is 210 g/mol. The van der Waals surface area contributed by atoms with Crippen LogP contribution in [0.1, 0.15) is 13.3 Å². The summed E-state index contributed by atoms with van der Waals surface area (Å²) in [7, 11) is 1.69. The Morgan fingerprint density at radius 1 is 1.47 bits per heavy atom. The second kappa shape index (κ2) is 6.21. The fourth-order valence-electron chi connectivity index (χ4n) is 1.27. The highest BCUT2D eigenvalue weighted by molar-refractivity contribution is 5.44. The van der Waals surface area contributed by atoms with Crippen molar-refractivity contribution in [3.05, 3.63) is 18.2 Å². The molecule has 0 saturated carbocycles. The number of hydrazine groups is 1. The van der Waals surface area contributed by atoms with Crippen molar-refractivity contribution in [2.75, 3.05) is 24.5 Å². The molecule has 1 atom stereocenters. The largest absolute Gasteiger partial charge is 0.383 e. The summed E-state index contributed by atoms with van der Waals surface area (Å²) in [4.78, 5) is 4.26. The van der Waals surface area contributed by atoms with Gasteiger partial charge >= 0.3 is 0 Å². The number of aromatic nitrogens is 1. The molecule has 1 aromatic rings. The van der Waals surface area contributed by atoms with Gasteiger partial charge in [-0.2, -0.15) is 0 Å². The Hall–Kier alpha value is -1.33. The first-order chi connectivity index (χ1) is 7.30. The second-order valence-corrected chi connectivity index (χ2v) is 3.26. The molecule has 5 heteroatoms. The van der Waals surface area contributed by atoms with Crippen LogP contribution in [0.3, 0.4) is 0 Å². The van der Waals surface area contributed by atoms with Crippen LogP contribution < -0.4 is 16.6 Å². The fraction of sp³-hybridized carbons (Fsp3) is 0.500. The summed E-state index contributed by atoms with van der Waals surface area (Å²) in [6, 6.07) is 5.88. The van der Waals surface area contributed by atoms with Crippen molar-refractivity contribution >= 4 is 11.6 Å². The zero-order valence-corrected chi connectivity index (χ0v) is 9.16. The number of ether oxygens (including phenoxy) is 1. The van der Waals surface area contributed by atoms with Crippen LogP contribution in [0.4, 0.5) is 11.6 Å². The van der Waals surface area contributed by atoms with E-state index in [1.807, 2.05) is 18.2 Å². The van der Waals surface area contributed by atoms with Crippen molar-refractivity contribution < 1.29 is 4.74 Å². The van der Waals surface area contributed by atoms with Crippen LogP contribution in [0, 0.1) is 0 Å². The molecule has 0 spiro atoms. The maximum absolute atomic E-state index is 5.28. The van der Waals surface area contributed by atoms with Crippen LogP contribution in [0.15, 0.2) is 18.2 Å². The van der Waals surface area contributed by atoms with Crippen LogP contribution in [0.2, 0.25) is 0 Å². The maximum Gasteiger partial charge on any atom is 0.142 e.